The molecule has 6 nitrogen and oxygen atoms in total. The minimum absolute atomic E-state index is 0.0482. The number of carboxylic acids is 1. The van der Waals surface area contributed by atoms with Crippen molar-refractivity contribution in [1.82, 2.24) is 0 Å². The molecule has 2 aliphatic rings. The van der Waals surface area contributed by atoms with Crippen molar-refractivity contribution in [2.24, 2.45) is 5.92 Å². The zero-order valence-corrected chi connectivity index (χ0v) is 24.3. The molecule has 1 amide bonds. The summed E-state index contributed by atoms with van der Waals surface area (Å²) >= 11 is 6.07. The Balaban J connectivity index is 1.84. The third-order valence-electron chi connectivity index (χ3n) is 8.87. The zero-order chi connectivity index (χ0) is 30.4. The van der Waals surface area contributed by atoms with Gasteiger partial charge in [0.25, 0.3) is 0 Å². The van der Waals surface area contributed by atoms with Gasteiger partial charge in [0.15, 0.2) is 0 Å². The highest BCUT2D eigenvalue weighted by molar-refractivity contribution is 6.31. The Bertz CT molecular complexity index is 1360. The molecule has 2 aromatic carbocycles. The second kappa shape index (κ2) is 11.1. The van der Waals surface area contributed by atoms with Gasteiger partial charge in [0, 0.05) is 29.8 Å². The summed E-state index contributed by atoms with van der Waals surface area (Å²) in [5.74, 6) is -3.84. The number of allylic oxidation sites excluding steroid dienone is 1. The first-order chi connectivity index (χ1) is 19.1. The molecule has 1 atom stereocenters. The molecule has 0 aromatic heterocycles. The molecule has 0 heterocycles. The lowest BCUT2D eigenvalue weighted by atomic mass is 9.60. The van der Waals surface area contributed by atoms with Crippen molar-refractivity contribution in [3.63, 3.8) is 0 Å². The summed E-state index contributed by atoms with van der Waals surface area (Å²) in [6.45, 7) is 5.72. The van der Waals surface area contributed by atoms with Gasteiger partial charge in [0.2, 0.25) is 0 Å². The van der Waals surface area contributed by atoms with Crippen LogP contribution < -0.4 is 4.90 Å². The van der Waals surface area contributed by atoms with E-state index < -0.39 is 34.6 Å². The van der Waals surface area contributed by atoms with Gasteiger partial charge in [-0.25, -0.2) is 4.79 Å². The lowest BCUT2D eigenvalue weighted by molar-refractivity contribution is -0.174. The molecule has 0 radical (unpaired) electrons. The number of hydrogen-bond donors (Lipinski definition) is 2. The number of carbonyl (C=O) groups is 2. The number of methoxy groups -OCH3 is 1. The number of anilines is 1. The van der Waals surface area contributed by atoms with Crippen LogP contribution in [0.5, 0.6) is 0 Å². The Kier molecular flexibility index (Phi) is 8.39. The third-order valence-corrected chi connectivity index (χ3v) is 9.10. The van der Waals surface area contributed by atoms with E-state index in [1.807, 2.05) is 39.0 Å². The van der Waals surface area contributed by atoms with Crippen molar-refractivity contribution in [2.75, 3.05) is 18.6 Å². The maximum atomic E-state index is 13.9. The first-order valence-electron chi connectivity index (χ1n) is 13.5. The molecule has 10 heteroatoms. The molecule has 41 heavy (non-hydrogen) atoms. The largest absolute Gasteiger partial charge is 0.479 e. The van der Waals surface area contributed by atoms with E-state index in [2.05, 4.69) is 6.08 Å². The third kappa shape index (κ3) is 5.51. The summed E-state index contributed by atoms with van der Waals surface area (Å²) in [5, 5.41) is 20.4. The van der Waals surface area contributed by atoms with E-state index in [0.717, 1.165) is 22.3 Å². The Labute approximate surface area is 242 Å². The Morgan fingerprint density at radius 1 is 1.10 bits per heavy atom. The number of benzene rings is 2. The molecule has 222 valence electrons. The van der Waals surface area contributed by atoms with Crippen molar-refractivity contribution in [3.8, 4) is 0 Å². The quantitative estimate of drug-likeness (QED) is 0.349. The monoisotopic (exact) mass is 593 g/mol. The van der Waals surface area contributed by atoms with Crippen molar-refractivity contribution in [3.05, 3.63) is 69.8 Å². The fraction of sp³-hybridized carbons (Fsp3) is 0.484. The van der Waals surface area contributed by atoms with Crippen molar-refractivity contribution in [2.45, 2.75) is 75.6 Å². The number of halogens is 4. The second-order valence-electron chi connectivity index (χ2n) is 11.7. The highest BCUT2D eigenvalue weighted by Crippen LogP contribution is 2.56. The Morgan fingerprint density at radius 3 is 2.29 bits per heavy atom. The summed E-state index contributed by atoms with van der Waals surface area (Å²) in [4.78, 5) is 26.2. The van der Waals surface area contributed by atoms with Crippen LogP contribution in [0.1, 0.15) is 69.6 Å². The average Bonchev–Trinajstić information content (AvgIpc) is 3.20. The molecule has 1 saturated carbocycles. The van der Waals surface area contributed by atoms with E-state index in [1.165, 1.54) is 24.3 Å². The molecule has 4 rings (SSSR count). The van der Waals surface area contributed by atoms with Crippen molar-refractivity contribution < 1.29 is 37.7 Å². The highest BCUT2D eigenvalue weighted by atomic mass is 35.5. The molecular formula is C31H35ClF3NO5. The number of rotatable bonds is 8. The van der Waals surface area contributed by atoms with E-state index in [4.69, 9.17) is 16.3 Å². The van der Waals surface area contributed by atoms with Gasteiger partial charge in [-0.15, -0.1) is 0 Å². The van der Waals surface area contributed by atoms with Crippen LogP contribution in [0.25, 0.3) is 6.08 Å². The van der Waals surface area contributed by atoms with Crippen molar-refractivity contribution >= 4 is 35.2 Å². The molecule has 1 fully saturated rings. The fourth-order valence-corrected chi connectivity index (χ4v) is 6.48. The second-order valence-corrected chi connectivity index (χ2v) is 12.2. The number of ether oxygens (including phenoxy) is 1. The number of amides is 1. The normalized spacial score (nSPS) is 23.2. The van der Waals surface area contributed by atoms with Gasteiger partial charge >= 0.3 is 18.1 Å². The zero-order valence-electron chi connectivity index (χ0n) is 23.5. The number of nitrogens with zero attached hydrogens (tertiary/aromatic N) is 1. The Hall–Kier alpha value is -2.88. The topological polar surface area (TPSA) is 87.1 Å². The Morgan fingerprint density at radius 2 is 1.76 bits per heavy atom. The van der Waals surface area contributed by atoms with E-state index in [0.29, 0.717) is 11.3 Å². The molecule has 0 saturated heterocycles. The van der Waals surface area contributed by atoms with E-state index in [1.54, 1.807) is 7.11 Å². The highest BCUT2D eigenvalue weighted by Gasteiger charge is 2.59. The van der Waals surface area contributed by atoms with Crippen LogP contribution in [0.4, 0.5) is 18.9 Å². The molecule has 0 aliphatic heterocycles. The smallest absolute Gasteiger partial charge is 0.471 e. The molecule has 1 spiro atoms. The van der Waals surface area contributed by atoms with Gasteiger partial charge in [-0.1, -0.05) is 54.4 Å². The van der Waals surface area contributed by atoms with Crippen LogP contribution in [0.3, 0.4) is 0 Å². The van der Waals surface area contributed by atoms with Gasteiger partial charge in [0.1, 0.15) is 5.54 Å². The lowest BCUT2D eigenvalue weighted by Crippen LogP contribution is -2.63. The van der Waals surface area contributed by atoms with Gasteiger partial charge < -0.3 is 14.9 Å². The lowest BCUT2D eigenvalue weighted by Gasteiger charge is -2.49. The number of hydrogen-bond acceptors (Lipinski definition) is 4. The number of carbonyl (C=O) groups excluding carboxylic acids is 1. The van der Waals surface area contributed by atoms with Gasteiger partial charge in [-0.2, -0.15) is 13.2 Å². The fourth-order valence-electron chi connectivity index (χ4n) is 6.30. The summed E-state index contributed by atoms with van der Waals surface area (Å²) in [6, 6.07) is 11.3. The van der Waals surface area contributed by atoms with Crippen LogP contribution in [0, 0.1) is 5.92 Å². The minimum Gasteiger partial charge on any atom is -0.479 e. The van der Waals surface area contributed by atoms with Crippen LogP contribution in [-0.4, -0.2) is 47.5 Å². The maximum Gasteiger partial charge on any atom is 0.471 e. The van der Waals surface area contributed by atoms with E-state index in [9.17, 15) is 33.0 Å². The maximum absolute atomic E-state index is 13.9. The summed E-state index contributed by atoms with van der Waals surface area (Å²) in [7, 11) is 1.61. The summed E-state index contributed by atoms with van der Waals surface area (Å²) in [6.07, 6.45) is -2.79. The van der Waals surface area contributed by atoms with E-state index >= 15 is 0 Å². The minimum atomic E-state index is -5.30. The predicted molar refractivity (Wildman–Crippen MR) is 151 cm³/mol. The van der Waals surface area contributed by atoms with Gasteiger partial charge in [0.05, 0.1) is 5.60 Å². The first kappa shape index (κ1) is 31.1. The molecule has 0 bridgehead atoms. The van der Waals surface area contributed by atoms with Crippen LogP contribution in [-0.2, 0) is 25.3 Å². The van der Waals surface area contributed by atoms with Crippen LogP contribution in [0.2, 0.25) is 5.02 Å². The number of fused-ring (bicyclic) bond motifs is 2. The first-order valence-corrected chi connectivity index (χ1v) is 13.9. The van der Waals surface area contributed by atoms with Gasteiger partial charge in [-0.05, 0) is 86.8 Å². The molecular weight excluding hydrogens is 559 g/mol. The van der Waals surface area contributed by atoms with Crippen LogP contribution in [0.15, 0.2) is 48.0 Å². The molecule has 0 unspecified atom stereocenters. The average molecular weight is 594 g/mol. The SMILES string of the molecule is COC(C)(C)c1ccc2c(c1)C1(CCC(C(=O)O)(N(C(=O)C(F)(F)F)c3cccc(Cl)c3)CC1)C(C[C@@H](C)CO)=C2. The number of aliphatic hydroxyl groups is 1. The number of aliphatic hydroxyl groups excluding tert-OH is 1. The number of alkyl halides is 3. The van der Waals surface area contributed by atoms with E-state index in [-0.39, 0.29) is 48.9 Å². The molecule has 2 aromatic rings. The van der Waals surface area contributed by atoms with Gasteiger partial charge in [-0.3, -0.25) is 9.69 Å². The molecule has 2 aliphatic carbocycles. The molecule has 2 N–H and O–H groups in total. The standard InChI is InChI=1S/C31H35ClF3NO5/c1-19(18-37)14-22-15-20-8-9-21(28(2,3)41-4)16-25(20)29(22)10-12-30(13-11-29,27(39)40)36(26(38)31(33,34)35)24-7-5-6-23(32)17-24/h5-9,15-17,19,37H,10-14,18H2,1-4H3,(H,39,40)/t19-,29?,30?/m1/s1. The number of aliphatic carboxylic acids is 1. The van der Waals surface area contributed by atoms with Crippen LogP contribution >= 0.6 is 11.6 Å². The summed E-state index contributed by atoms with van der Waals surface area (Å²) < 4.78 is 47.5. The summed E-state index contributed by atoms with van der Waals surface area (Å²) in [5.41, 5.74) is 0.152. The predicted octanol–water partition coefficient (Wildman–Crippen LogP) is 6.87. The number of carboxylic acid groups (broad SMARTS) is 1. The van der Waals surface area contributed by atoms with Crippen molar-refractivity contribution in [1.29, 1.82) is 0 Å².